The lowest BCUT2D eigenvalue weighted by Crippen LogP contribution is -2.13. The fourth-order valence-electron chi connectivity index (χ4n) is 1.67. The van der Waals surface area contributed by atoms with Gasteiger partial charge in [-0.15, -0.1) is 0 Å². The van der Waals surface area contributed by atoms with E-state index >= 15 is 0 Å². The molecule has 0 saturated carbocycles. The molecule has 2 rings (SSSR count). The lowest BCUT2D eigenvalue weighted by Gasteiger charge is -2.09. The lowest BCUT2D eigenvalue weighted by molar-refractivity contribution is 0.101. The Hall–Kier alpha value is -2.05. The smallest absolute Gasteiger partial charge is 0.261 e. The van der Waals surface area contributed by atoms with E-state index in [1.807, 2.05) is 0 Å². The van der Waals surface area contributed by atoms with Crippen LogP contribution < -0.4 is 4.72 Å². The van der Waals surface area contributed by atoms with Crippen molar-refractivity contribution in [1.29, 1.82) is 0 Å². The zero-order valence-electron chi connectivity index (χ0n) is 11.0. The standard InChI is InChI=1S/C14H12ClNO4S/c1-9(17)10-3-2-4-12(7-10)21(19,20)16-11-5-6-14(18)13(15)8-11/h2-8,16,18H,1H3. The number of halogens is 1. The number of hydrogen-bond acceptors (Lipinski definition) is 4. The molecule has 0 aromatic heterocycles. The van der Waals surface area contributed by atoms with Gasteiger partial charge in [0.15, 0.2) is 5.78 Å². The van der Waals surface area contributed by atoms with Crippen molar-refractivity contribution < 1.29 is 18.3 Å². The summed E-state index contributed by atoms with van der Waals surface area (Å²) in [4.78, 5) is 11.3. The number of carbonyl (C=O) groups excluding carboxylic acids is 1. The molecule has 0 saturated heterocycles. The molecule has 21 heavy (non-hydrogen) atoms. The van der Waals surface area contributed by atoms with E-state index in [1.165, 1.54) is 43.3 Å². The quantitative estimate of drug-likeness (QED) is 0.668. The summed E-state index contributed by atoms with van der Waals surface area (Å²) in [5.41, 5.74) is 0.521. The number of phenols is 1. The van der Waals surface area contributed by atoms with Gasteiger partial charge in [-0.1, -0.05) is 23.7 Å². The summed E-state index contributed by atoms with van der Waals surface area (Å²) in [6, 6.07) is 9.68. The first kappa shape index (κ1) is 15.3. The molecule has 2 N–H and O–H groups in total. The van der Waals surface area contributed by atoms with Gasteiger partial charge in [0.1, 0.15) is 5.75 Å². The van der Waals surface area contributed by atoms with Crippen molar-refractivity contribution in [3.8, 4) is 5.75 Å². The monoisotopic (exact) mass is 325 g/mol. The predicted octanol–water partition coefficient (Wildman–Crippen LogP) is 3.05. The van der Waals surface area contributed by atoms with Gasteiger partial charge in [-0.3, -0.25) is 9.52 Å². The van der Waals surface area contributed by atoms with Gasteiger partial charge in [0, 0.05) is 5.56 Å². The molecule has 0 unspecified atom stereocenters. The highest BCUT2D eigenvalue weighted by Crippen LogP contribution is 2.27. The van der Waals surface area contributed by atoms with Crippen LogP contribution in [0.3, 0.4) is 0 Å². The fraction of sp³-hybridized carbons (Fsp3) is 0.0714. The van der Waals surface area contributed by atoms with Crippen LogP contribution in [0.15, 0.2) is 47.4 Å². The fourth-order valence-corrected chi connectivity index (χ4v) is 2.94. The SMILES string of the molecule is CC(=O)c1cccc(S(=O)(=O)Nc2ccc(O)c(Cl)c2)c1. The van der Waals surface area contributed by atoms with Gasteiger partial charge in [-0.05, 0) is 37.3 Å². The minimum atomic E-state index is -3.84. The Kier molecular flexibility index (Phi) is 4.20. The van der Waals surface area contributed by atoms with Crippen molar-refractivity contribution in [2.75, 3.05) is 4.72 Å². The van der Waals surface area contributed by atoms with Crippen molar-refractivity contribution in [1.82, 2.24) is 0 Å². The average Bonchev–Trinajstić information content (AvgIpc) is 2.43. The molecule has 2 aromatic carbocycles. The van der Waals surface area contributed by atoms with Crippen LogP contribution in [0.1, 0.15) is 17.3 Å². The van der Waals surface area contributed by atoms with Crippen LogP contribution >= 0.6 is 11.6 Å². The third-order valence-corrected chi connectivity index (χ3v) is 4.43. The molecule has 0 amide bonds. The van der Waals surface area contributed by atoms with Crippen LogP contribution in [0.5, 0.6) is 5.75 Å². The molecular formula is C14H12ClNO4S. The normalized spacial score (nSPS) is 11.1. The number of ketones is 1. The number of sulfonamides is 1. The zero-order chi connectivity index (χ0) is 15.6. The van der Waals surface area contributed by atoms with Gasteiger partial charge in [0.2, 0.25) is 0 Å². The second-order valence-electron chi connectivity index (χ2n) is 4.36. The van der Waals surface area contributed by atoms with Crippen molar-refractivity contribution in [3.05, 3.63) is 53.1 Å². The summed E-state index contributed by atoms with van der Waals surface area (Å²) >= 11 is 5.73. The second-order valence-corrected chi connectivity index (χ2v) is 6.45. The number of benzene rings is 2. The van der Waals surface area contributed by atoms with Crippen LogP contribution in [0.4, 0.5) is 5.69 Å². The van der Waals surface area contributed by atoms with E-state index < -0.39 is 10.0 Å². The molecular weight excluding hydrogens is 314 g/mol. The van der Waals surface area contributed by atoms with Crippen molar-refractivity contribution in [3.63, 3.8) is 0 Å². The number of rotatable bonds is 4. The van der Waals surface area contributed by atoms with Gasteiger partial charge in [-0.25, -0.2) is 8.42 Å². The summed E-state index contributed by atoms with van der Waals surface area (Å²) in [5, 5.41) is 9.34. The first-order chi connectivity index (χ1) is 9.79. The maximum absolute atomic E-state index is 12.2. The molecule has 0 spiro atoms. The van der Waals surface area contributed by atoms with Gasteiger partial charge in [-0.2, -0.15) is 0 Å². The van der Waals surface area contributed by atoms with E-state index in [-0.39, 0.29) is 27.1 Å². The Morgan fingerprint density at radius 1 is 1.19 bits per heavy atom. The number of phenolic OH excluding ortho intramolecular Hbond substituents is 1. The Morgan fingerprint density at radius 3 is 2.52 bits per heavy atom. The maximum atomic E-state index is 12.2. The largest absolute Gasteiger partial charge is 0.506 e. The Labute approximate surface area is 127 Å². The lowest BCUT2D eigenvalue weighted by atomic mass is 10.2. The first-order valence-corrected chi connectivity index (χ1v) is 7.78. The van der Waals surface area contributed by atoms with E-state index in [9.17, 15) is 18.3 Å². The van der Waals surface area contributed by atoms with Gasteiger partial charge in [0.05, 0.1) is 15.6 Å². The molecule has 7 heteroatoms. The Morgan fingerprint density at radius 2 is 1.90 bits per heavy atom. The maximum Gasteiger partial charge on any atom is 0.261 e. The summed E-state index contributed by atoms with van der Waals surface area (Å²) < 4.78 is 26.8. The van der Waals surface area contributed by atoms with E-state index in [4.69, 9.17) is 11.6 Å². The predicted molar refractivity (Wildman–Crippen MR) is 80.4 cm³/mol. The number of carbonyl (C=O) groups is 1. The van der Waals surface area contributed by atoms with Gasteiger partial charge in [0.25, 0.3) is 10.0 Å². The van der Waals surface area contributed by atoms with E-state index in [1.54, 1.807) is 6.07 Å². The number of nitrogens with one attached hydrogen (secondary N) is 1. The highest BCUT2D eigenvalue weighted by atomic mass is 35.5. The third-order valence-electron chi connectivity index (χ3n) is 2.75. The zero-order valence-corrected chi connectivity index (χ0v) is 12.6. The van der Waals surface area contributed by atoms with Crippen LogP contribution in [0.25, 0.3) is 0 Å². The number of aromatic hydroxyl groups is 1. The van der Waals surface area contributed by atoms with E-state index in [2.05, 4.69) is 4.72 Å². The van der Waals surface area contributed by atoms with Gasteiger partial charge < -0.3 is 5.11 Å². The Balaban J connectivity index is 2.36. The van der Waals surface area contributed by atoms with Crippen molar-refractivity contribution in [2.24, 2.45) is 0 Å². The van der Waals surface area contributed by atoms with Crippen LogP contribution in [-0.2, 0) is 10.0 Å². The topological polar surface area (TPSA) is 83.5 Å². The molecule has 0 heterocycles. The minimum Gasteiger partial charge on any atom is -0.506 e. The van der Waals surface area contributed by atoms with Crippen molar-refractivity contribution in [2.45, 2.75) is 11.8 Å². The molecule has 110 valence electrons. The van der Waals surface area contributed by atoms with E-state index in [0.29, 0.717) is 5.56 Å². The number of hydrogen-bond donors (Lipinski definition) is 2. The van der Waals surface area contributed by atoms with Gasteiger partial charge >= 0.3 is 0 Å². The minimum absolute atomic E-state index is 0.0283. The number of Topliss-reactive ketones (excluding diaryl/α,β-unsaturated/α-hetero) is 1. The summed E-state index contributed by atoms with van der Waals surface area (Å²) in [5.74, 6) is -0.363. The van der Waals surface area contributed by atoms with Crippen LogP contribution in [0.2, 0.25) is 5.02 Å². The highest BCUT2D eigenvalue weighted by Gasteiger charge is 2.16. The second kappa shape index (κ2) is 5.75. The Bertz CT molecular complexity index is 802. The summed E-state index contributed by atoms with van der Waals surface area (Å²) in [7, 11) is -3.84. The molecule has 2 aromatic rings. The van der Waals surface area contributed by atoms with E-state index in [0.717, 1.165) is 0 Å². The molecule has 0 aliphatic carbocycles. The highest BCUT2D eigenvalue weighted by molar-refractivity contribution is 7.92. The van der Waals surface area contributed by atoms with Crippen molar-refractivity contribution >= 4 is 33.1 Å². The molecule has 0 fully saturated rings. The third kappa shape index (κ3) is 3.53. The molecule has 0 aliphatic heterocycles. The molecule has 0 aliphatic rings. The first-order valence-electron chi connectivity index (χ1n) is 5.92. The summed E-state index contributed by atoms with van der Waals surface area (Å²) in [6.45, 7) is 1.36. The molecule has 0 bridgehead atoms. The average molecular weight is 326 g/mol. The van der Waals surface area contributed by atoms with Crippen LogP contribution in [-0.4, -0.2) is 19.3 Å². The summed E-state index contributed by atoms with van der Waals surface area (Å²) in [6.07, 6.45) is 0. The van der Waals surface area contributed by atoms with Crippen LogP contribution in [0, 0.1) is 0 Å². The number of anilines is 1. The molecule has 0 atom stereocenters. The molecule has 0 radical (unpaired) electrons. The molecule has 5 nitrogen and oxygen atoms in total.